The molecule has 0 atom stereocenters. The third-order valence-electron chi connectivity index (χ3n) is 3.14. The molecule has 2 aromatic carbocycles. The van der Waals surface area contributed by atoms with E-state index in [2.05, 4.69) is 15.9 Å². The summed E-state index contributed by atoms with van der Waals surface area (Å²) in [4.78, 5) is 0.337. The molecule has 0 radical (unpaired) electrons. The molecule has 0 fully saturated rings. The van der Waals surface area contributed by atoms with Crippen LogP contribution in [0.5, 0.6) is 5.75 Å². The Morgan fingerprint density at radius 2 is 1.86 bits per heavy atom. The molecular weight excluding hydrogens is 370 g/mol. The van der Waals surface area contributed by atoms with Crippen LogP contribution in [-0.4, -0.2) is 4.99 Å². The van der Waals surface area contributed by atoms with Crippen molar-refractivity contribution in [3.63, 3.8) is 0 Å². The molecule has 2 N–H and O–H groups in total. The predicted molar refractivity (Wildman–Crippen MR) is 95.3 cm³/mol. The first-order chi connectivity index (χ1) is 9.88. The van der Waals surface area contributed by atoms with Gasteiger partial charge < -0.3 is 10.5 Å². The summed E-state index contributed by atoms with van der Waals surface area (Å²) >= 11 is 14.7. The van der Waals surface area contributed by atoms with Gasteiger partial charge in [-0.05, 0) is 43.2 Å². The summed E-state index contributed by atoms with van der Waals surface area (Å²) in [6.45, 7) is 4.47. The Labute approximate surface area is 143 Å². The Bertz CT molecular complexity index is 680. The lowest BCUT2D eigenvalue weighted by Crippen LogP contribution is -2.09. The third kappa shape index (κ3) is 3.96. The molecule has 0 spiro atoms. The Balaban J connectivity index is 2.15. The van der Waals surface area contributed by atoms with E-state index in [1.165, 1.54) is 0 Å². The van der Waals surface area contributed by atoms with E-state index in [0.29, 0.717) is 16.6 Å². The van der Waals surface area contributed by atoms with Gasteiger partial charge in [0, 0.05) is 20.6 Å². The second-order valence-electron chi connectivity index (χ2n) is 4.83. The zero-order valence-corrected chi connectivity index (χ0v) is 14.9. The molecule has 5 heteroatoms. The van der Waals surface area contributed by atoms with E-state index in [1.54, 1.807) is 6.07 Å². The smallest absolute Gasteiger partial charge is 0.120 e. The van der Waals surface area contributed by atoms with Crippen LogP contribution in [0.1, 0.15) is 22.3 Å². The van der Waals surface area contributed by atoms with Crippen molar-refractivity contribution in [1.29, 1.82) is 0 Å². The van der Waals surface area contributed by atoms with Gasteiger partial charge in [0.15, 0.2) is 0 Å². The molecule has 2 aromatic rings. The lowest BCUT2D eigenvalue weighted by molar-refractivity contribution is 0.306. The summed E-state index contributed by atoms with van der Waals surface area (Å²) in [5.41, 5.74) is 9.52. The molecule has 0 heterocycles. The largest absolute Gasteiger partial charge is 0.489 e. The number of ether oxygens (including phenoxy) is 1. The van der Waals surface area contributed by atoms with Gasteiger partial charge in [-0.3, -0.25) is 0 Å². The van der Waals surface area contributed by atoms with Crippen molar-refractivity contribution >= 4 is 44.7 Å². The van der Waals surface area contributed by atoms with Crippen molar-refractivity contribution in [2.75, 3.05) is 0 Å². The van der Waals surface area contributed by atoms with Crippen LogP contribution in [0.2, 0.25) is 5.02 Å². The minimum absolute atomic E-state index is 0.337. The summed E-state index contributed by atoms with van der Waals surface area (Å²) in [6, 6.07) is 9.49. The number of nitrogens with two attached hydrogens (primary N) is 1. The van der Waals surface area contributed by atoms with Crippen LogP contribution in [0, 0.1) is 13.8 Å². The number of rotatable bonds is 4. The van der Waals surface area contributed by atoms with Crippen LogP contribution >= 0.6 is 39.7 Å². The fraction of sp³-hybridized carbons (Fsp3) is 0.188. The Hall–Kier alpha value is -1.10. The second-order valence-corrected chi connectivity index (χ2v) is 6.47. The quantitative estimate of drug-likeness (QED) is 0.759. The molecule has 2 nitrogen and oxygen atoms in total. The lowest BCUT2D eigenvalue weighted by Gasteiger charge is -2.11. The van der Waals surface area contributed by atoms with Crippen LogP contribution in [0.15, 0.2) is 34.8 Å². The average molecular weight is 385 g/mol. The van der Waals surface area contributed by atoms with E-state index < -0.39 is 0 Å². The average Bonchev–Trinajstić information content (AvgIpc) is 2.43. The first-order valence-corrected chi connectivity index (χ1v) is 7.94. The second kappa shape index (κ2) is 6.77. The van der Waals surface area contributed by atoms with Gasteiger partial charge in [0.2, 0.25) is 0 Å². The van der Waals surface area contributed by atoms with Gasteiger partial charge in [-0.15, -0.1) is 0 Å². The Morgan fingerprint density at radius 1 is 1.24 bits per heavy atom. The van der Waals surface area contributed by atoms with Crippen LogP contribution in [0.25, 0.3) is 0 Å². The molecule has 110 valence electrons. The first-order valence-electron chi connectivity index (χ1n) is 6.36. The minimum Gasteiger partial charge on any atom is -0.489 e. The maximum Gasteiger partial charge on any atom is 0.120 e. The highest BCUT2D eigenvalue weighted by molar-refractivity contribution is 9.10. The van der Waals surface area contributed by atoms with Gasteiger partial charge in [-0.1, -0.05) is 51.9 Å². The van der Waals surface area contributed by atoms with Crippen LogP contribution < -0.4 is 10.5 Å². The number of halogens is 2. The predicted octanol–water partition coefficient (Wildman–Crippen LogP) is 4.93. The van der Waals surface area contributed by atoms with Gasteiger partial charge in [0.05, 0.1) is 0 Å². The molecule has 0 saturated carbocycles. The normalized spacial score (nSPS) is 10.5. The molecule has 0 aromatic heterocycles. The number of hydrogen-bond donors (Lipinski definition) is 1. The first kappa shape index (κ1) is 16.3. The van der Waals surface area contributed by atoms with Crippen molar-refractivity contribution in [3.8, 4) is 5.75 Å². The summed E-state index contributed by atoms with van der Waals surface area (Å²) in [7, 11) is 0. The highest BCUT2D eigenvalue weighted by Crippen LogP contribution is 2.27. The molecular formula is C16H15BrClNOS. The molecule has 0 amide bonds. The van der Waals surface area contributed by atoms with Crippen LogP contribution in [0.3, 0.4) is 0 Å². The van der Waals surface area contributed by atoms with Crippen LogP contribution in [-0.2, 0) is 6.61 Å². The van der Waals surface area contributed by atoms with E-state index in [4.69, 9.17) is 34.3 Å². The molecule has 0 unspecified atom stereocenters. The van der Waals surface area contributed by atoms with Crippen molar-refractivity contribution in [1.82, 2.24) is 0 Å². The topological polar surface area (TPSA) is 35.2 Å². The van der Waals surface area contributed by atoms with Crippen LogP contribution in [0.4, 0.5) is 0 Å². The third-order valence-corrected chi connectivity index (χ3v) is 4.98. The van der Waals surface area contributed by atoms with Gasteiger partial charge in [-0.25, -0.2) is 0 Å². The monoisotopic (exact) mass is 383 g/mol. The van der Waals surface area contributed by atoms with Crippen molar-refractivity contribution in [3.05, 3.63) is 62.1 Å². The van der Waals surface area contributed by atoms with Gasteiger partial charge >= 0.3 is 0 Å². The van der Waals surface area contributed by atoms with Crippen molar-refractivity contribution < 1.29 is 4.74 Å². The fourth-order valence-electron chi connectivity index (χ4n) is 1.97. The van der Waals surface area contributed by atoms with Crippen molar-refractivity contribution in [2.24, 2.45) is 5.73 Å². The molecule has 21 heavy (non-hydrogen) atoms. The van der Waals surface area contributed by atoms with Gasteiger partial charge in [-0.2, -0.15) is 0 Å². The zero-order valence-electron chi connectivity index (χ0n) is 11.7. The lowest BCUT2D eigenvalue weighted by atomic mass is 10.1. The molecule has 0 aliphatic carbocycles. The highest BCUT2D eigenvalue weighted by atomic mass is 79.9. The molecule has 0 aliphatic heterocycles. The Morgan fingerprint density at radius 3 is 2.38 bits per heavy atom. The zero-order chi connectivity index (χ0) is 15.6. The summed E-state index contributed by atoms with van der Waals surface area (Å²) in [6.07, 6.45) is 0. The van der Waals surface area contributed by atoms with Crippen molar-refractivity contribution in [2.45, 2.75) is 20.5 Å². The minimum atomic E-state index is 0.337. The number of aryl methyl sites for hydroxylation is 2. The Kier molecular flexibility index (Phi) is 5.25. The number of thiocarbonyl (C=S) groups is 1. The summed E-state index contributed by atoms with van der Waals surface area (Å²) < 4.78 is 6.93. The molecule has 0 aliphatic rings. The summed E-state index contributed by atoms with van der Waals surface area (Å²) in [5.74, 6) is 0.822. The summed E-state index contributed by atoms with van der Waals surface area (Å²) in [5, 5.41) is 0.603. The maximum absolute atomic E-state index is 6.22. The van der Waals surface area contributed by atoms with Gasteiger partial charge in [0.25, 0.3) is 0 Å². The fourth-order valence-corrected chi connectivity index (χ4v) is 2.56. The van der Waals surface area contributed by atoms with E-state index in [9.17, 15) is 0 Å². The molecule has 0 saturated heterocycles. The maximum atomic E-state index is 6.22. The van der Waals surface area contributed by atoms with E-state index >= 15 is 0 Å². The van der Waals surface area contributed by atoms with E-state index in [1.807, 2.05) is 38.1 Å². The molecule has 0 bridgehead atoms. The van der Waals surface area contributed by atoms with Gasteiger partial charge in [0.1, 0.15) is 17.3 Å². The SMILES string of the molecule is Cc1cc(OCc2ccc(C(N)=S)cc2Cl)cc(C)c1Br. The van der Waals surface area contributed by atoms with E-state index in [-0.39, 0.29) is 0 Å². The number of hydrogen-bond acceptors (Lipinski definition) is 2. The van der Waals surface area contributed by atoms with E-state index in [0.717, 1.165) is 32.5 Å². The highest BCUT2D eigenvalue weighted by Gasteiger charge is 2.07. The molecule has 2 rings (SSSR count). The number of benzene rings is 2. The standard InChI is InChI=1S/C16H15BrClNOS/c1-9-5-13(6-10(2)15(9)17)20-8-12-4-3-11(16(19)21)7-14(12)18/h3-7H,8H2,1-2H3,(H2,19,21).